The van der Waals surface area contributed by atoms with Gasteiger partial charge in [0.1, 0.15) is 11.6 Å². The van der Waals surface area contributed by atoms with Gasteiger partial charge in [0.15, 0.2) is 0 Å². The number of hydrogen-bond donors (Lipinski definition) is 1. The standard InChI is InChI=1S/C18H24N2O/c1-13(2)14-8-6-9-15(12-14)21-17-11-7-10-16(19-17)20-18(3,4)5/h6-13H,1-5H3,(H,19,20). The average Bonchev–Trinajstić information content (AvgIpc) is 2.37. The summed E-state index contributed by atoms with van der Waals surface area (Å²) < 4.78 is 5.87. The zero-order valence-corrected chi connectivity index (χ0v) is 13.5. The maximum Gasteiger partial charge on any atom is 0.221 e. The Balaban J connectivity index is 2.16. The van der Waals surface area contributed by atoms with Gasteiger partial charge in [-0.05, 0) is 50.5 Å². The summed E-state index contributed by atoms with van der Waals surface area (Å²) in [6, 6.07) is 13.9. The van der Waals surface area contributed by atoms with Crippen molar-refractivity contribution in [2.24, 2.45) is 0 Å². The van der Waals surface area contributed by atoms with Crippen LogP contribution in [0.4, 0.5) is 5.82 Å². The van der Waals surface area contributed by atoms with Gasteiger partial charge in [-0.25, -0.2) is 0 Å². The molecule has 1 aromatic carbocycles. The molecule has 1 N–H and O–H groups in total. The van der Waals surface area contributed by atoms with Gasteiger partial charge in [-0.1, -0.05) is 32.0 Å². The predicted octanol–water partition coefficient (Wildman–Crippen LogP) is 5.21. The molecule has 3 heteroatoms. The Hall–Kier alpha value is -2.03. The van der Waals surface area contributed by atoms with Crippen molar-refractivity contribution in [2.45, 2.75) is 46.1 Å². The summed E-state index contributed by atoms with van der Waals surface area (Å²) in [5.41, 5.74) is 1.24. The highest BCUT2D eigenvalue weighted by molar-refractivity contribution is 5.41. The lowest BCUT2D eigenvalue weighted by Gasteiger charge is -2.21. The quantitative estimate of drug-likeness (QED) is 0.837. The minimum Gasteiger partial charge on any atom is -0.439 e. The summed E-state index contributed by atoms with van der Waals surface area (Å²) in [5.74, 6) is 2.72. The summed E-state index contributed by atoms with van der Waals surface area (Å²) in [6.45, 7) is 10.7. The van der Waals surface area contributed by atoms with Crippen LogP contribution in [0.3, 0.4) is 0 Å². The first-order chi connectivity index (χ1) is 9.83. The second-order valence-corrected chi connectivity index (χ2v) is 6.57. The summed E-state index contributed by atoms with van der Waals surface area (Å²) >= 11 is 0. The van der Waals surface area contributed by atoms with Crippen molar-refractivity contribution >= 4 is 5.82 Å². The average molecular weight is 284 g/mol. The monoisotopic (exact) mass is 284 g/mol. The molecule has 0 bridgehead atoms. The van der Waals surface area contributed by atoms with Gasteiger partial charge >= 0.3 is 0 Å². The first-order valence-electron chi connectivity index (χ1n) is 7.36. The number of benzene rings is 1. The Morgan fingerprint density at radius 2 is 1.76 bits per heavy atom. The maximum atomic E-state index is 5.87. The number of aromatic nitrogens is 1. The van der Waals surface area contributed by atoms with Gasteiger partial charge in [0.05, 0.1) is 0 Å². The highest BCUT2D eigenvalue weighted by atomic mass is 16.5. The molecule has 0 amide bonds. The molecule has 3 nitrogen and oxygen atoms in total. The van der Waals surface area contributed by atoms with Gasteiger partial charge in [-0.2, -0.15) is 4.98 Å². The molecule has 0 spiro atoms. The van der Waals surface area contributed by atoms with Crippen LogP contribution in [0.5, 0.6) is 11.6 Å². The topological polar surface area (TPSA) is 34.1 Å². The molecule has 2 aromatic rings. The molecular weight excluding hydrogens is 260 g/mol. The van der Waals surface area contributed by atoms with Crippen LogP contribution in [0.1, 0.15) is 46.1 Å². The van der Waals surface area contributed by atoms with Crippen LogP contribution in [0.15, 0.2) is 42.5 Å². The normalized spacial score (nSPS) is 11.5. The van der Waals surface area contributed by atoms with Crippen LogP contribution in [0, 0.1) is 0 Å². The first-order valence-corrected chi connectivity index (χ1v) is 7.36. The molecule has 112 valence electrons. The van der Waals surface area contributed by atoms with E-state index in [1.165, 1.54) is 5.56 Å². The Morgan fingerprint density at radius 3 is 2.43 bits per heavy atom. The zero-order chi connectivity index (χ0) is 15.5. The van der Waals surface area contributed by atoms with Crippen molar-refractivity contribution in [2.75, 3.05) is 5.32 Å². The lowest BCUT2D eigenvalue weighted by Crippen LogP contribution is -2.26. The van der Waals surface area contributed by atoms with Crippen LogP contribution in [-0.4, -0.2) is 10.5 Å². The van der Waals surface area contributed by atoms with Crippen molar-refractivity contribution in [1.29, 1.82) is 0 Å². The van der Waals surface area contributed by atoms with E-state index in [4.69, 9.17) is 4.74 Å². The summed E-state index contributed by atoms with van der Waals surface area (Å²) in [6.07, 6.45) is 0. The number of ether oxygens (including phenoxy) is 1. The van der Waals surface area contributed by atoms with Crippen LogP contribution < -0.4 is 10.1 Å². The predicted molar refractivity (Wildman–Crippen MR) is 88.2 cm³/mol. The fraction of sp³-hybridized carbons (Fsp3) is 0.389. The Kier molecular flexibility index (Phi) is 4.51. The molecule has 2 rings (SSSR count). The summed E-state index contributed by atoms with van der Waals surface area (Å²) in [4.78, 5) is 4.49. The van der Waals surface area contributed by atoms with Crippen molar-refractivity contribution in [3.05, 3.63) is 48.0 Å². The third kappa shape index (κ3) is 4.78. The van der Waals surface area contributed by atoms with E-state index in [0.29, 0.717) is 11.8 Å². The van der Waals surface area contributed by atoms with E-state index >= 15 is 0 Å². The Bertz CT molecular complexity index is 600. The Morgan fingerprint density at radius 1 is 1.05 bits per heavy atom. The van der Waals surface area contributed by atoms with Gasteiger partial charge in [0.2, 0.25) is 5.88 Å². The molecule has 1 heterocycles. The fourth-order valence-corrected chi connectivity index (χ4v) is 1.98. The van der Waals surface area contributed by atoms with Crippen LogP contribution in [-0.2, 0) is 0 Å². The molecule has 0 fully saturated rings. The van der Waals surface area contributed by atoms with Gasteiger partial charge in [0, 0.05) is 11.6 Å². The molecule has 0 atom stereocenters. The van der Waals surface area contributed by atoms with Crippen molar-refractivity contribution in [3.8, 4) is 11.6 Å². The third-order valence-corrected chi connectivity index (χ3v) is 2.97. The number of nitrogens with zero attached hydrogens (tertiary/aromatic N) is 1. The molecule has 0 aliphatic heterocycles. The van der Waals surface area contributed by atoms with Crippen LogP contribution in [0.25, 0.3) is 0 Å². The fourth-order valence-electron chi connectivity index (χ4n) is 1.98. The van der Waals surface area contributed by atoms with E-state index in [1.807, 2.05) is 30.3 Å². The number of nitrogens with one attached hydrogen (secondary N) is 1. The molecule has 0 radical (unpaired) electrons. The van der Waals surface area contributed by atoms with Crippen LogP contribution in [0.2, 0.25) is 0 Å². The zero-order valence-electron chi connectivity index (χ0n) is 13.5. The molecule has 0 aliphatic rings. The molecule has 1 aromatic heterocycles. The highest BCUT2D eigenvalue weighted by Gasteiger charge is 2.10. The van der Waals surface area contributed by atoms with E-state index in [1.54, 1.807) is 0 Å². The molecule has 21 heavy (non-hydrogen) atoms. The second kappa shape index (κ2) is 6.17. The van der Waals surface area contributed by atoms with Gasteiger partial charge in [-0.15, -0.1) is 0 Å². The van der Waals surface area contributed by atoms with Crippen LogP contribution >= 0.6 is 0 Å². The van der Waals surface area contributed by atoms with Gasteiger partial charge < -0.3 is 10.1 Å². The maximum absolute atomic E-state index is 5.87. The smallest absolute Gasteiger partial charge is 0.221 e. The Labute approximate surface area is 127 Å². The molecular formula is C18H24N2O. The number of anilines is 1. The molecule has 0 saturated heterocycles. The number of hydrogen-bond acceptors (Lipinski definition) is 3. The highest BCUT2D eigenvalue weighted by Crippen LogP contribution is 2.25. The lowest BCUT2D eigenvalue weighted by molar-refractivity contribution is 0.462. The summed E-state index contributed by atoms with van der Waals surface area (Å²) in [7, 11) is 0. The van der Waals surface area contributed by atoms with Crippen molar-refractivity contribution in [3.63, 3.8) is 0 Å². The first kappa shape index (κ1) is 15.4. The van der Waals surface area contributed by atoms with Crippen molar-refractivity contribution in [1.82, 2.24) is 4.98 Å². The van der Waals surface area contributed by atoms with E-state index in [0.717, 1.165) is 11.6 Å². The van der Waals surface area contributed by atoms with E-state index in [2.05, 4.69) is 57.1 Å². The molecule has 0 aliphatic carbocycles. The van der Waals surface area contributed by atoms with Gasteiger partial charge in [0.25, 0.3) is 0 Å². The number of pyridine rings is 1. The minimum absolute atomic E-state index is 0.0246. The third-order valence-electron chi connectivity index (χ3n) is 2.97. The van der Waals surface area contributed by atoms with E-state index in [9.17, 15) is 0 Å². The SMILES string of the molecule is CC(C)c1cccc(Oc2cccc(NC(C)(C)C)n2)c1. The minimum atomic E-state index is -0.0246. The summed E-state index contributed by atoms with van der Waals surface area (Å²) in [5, 5.41) is 3.35. The van der Waals surface area contributed by atoms with Gasteiger partial charge in [-0.3, -0.25) is 0 Å². The van der Waals surface area contributed by atoms with E-state index < -0.39 is 0 Å². The van der Waals surface area contributed by atoms with Crippen molar-refractivity contribution < 1.29 is 4.74 Å². The second-order valence-electron chi connectivity index (χ2n) is 6.57. The van der Waals surface area contributed by atoms with E-state index in [-0.39, 0.29) is 5.54 Å². The number of rotatable bonds is 4. The molecule has 0 unspecified atom stereocenters. The lowest BCUT2D eigenvalue weighted by atomic mass is 10.0. The molecule has 0 saturated carbocycles. The largest absolute Gasteiger partial charge is 0.439 e.